The molecule has 5 nitrogen and oxygen atoms in total. The SMILES string of the molecule is CC(=O)N1N=C(COc2c(C)cc(Br)cc2C)OC1(C)c1ccc(F)cc1. The van der Waals surface area contributed by atoms with Gasteiger partial charge in [-0.3, -0.25) is 4.79 Å². The zero-order valence-electron chi connectivity index (χ0n) is 15.5. The zero-order chi connectivity index (χ0) is 19.8. The second-order valence-electron chi connectivity index (χ2n) is 6.57. The number of benzene rings is 2. The van der Waals surface area contributed by atoms with E-state index in [1.54, 1.807) is 19.1 Å². The van der Waals surface area contributed by atoms with Crippen LogP contribution in [0.2, 0.25) is 0 Å². The van der Waals surface area contributed by atoms with Gasteiger partial charge in [0.1, 0.15) is 11.6 Å². The van der Waals surface area contributed by atoms with Crippen molar-refractivity contribution in [3.05, 3.63) is 63.4 Å². The fraction of sp³-hybridized carbons (Fsp3) is 0.300. The number of hydrogen-bond acceptors (Lipinski definition) is 4. The average molecular weight is 435 g/mol. The first-order chi connectivity index (χ1) is 12.7. The minimum atomic E-state index is -1.15. The van der Waals surface area contributed by atoms with Crippen LogP contribution in [0.5, 0.6) is 5.75 Å². The summed E-state index contributed by atoms with van der Waals surface area (Å²) >= 11 is 3.46. The summed E-state index contributed by atoms with van der Waals surface area (Å²) in [6.07, 6.45) is 0. The highest BCUT2D eigenvalue weighted by Gasteiger charge is 2.44. The molecule has 0 aromatic heterocycles. The van der Waals surface area contributed by atoms with E-state index in [4.69, 9.17) is 9.47 Å². The highest BCUT2D eigenvalue weighted by molar-refractivity contribution is 9.10. The van der Waals surface area contributed by atoms with E-state index in [2.05, 4.69) is 21.0 Å². The lowest BCUT2D eigenvalue weighted by Gasteiger charge is -2.31. The summed E-state index contributed by atoms with van der Waals surface area (Å²) in [5, 5.41) is 5.53. The minimum Gasteiger partial charge on any atom is -0.483 e. The number of rotatable bonds is 4. The molecule has 2 aromatic carbocycles. The Kier molecular flexibility index (Phi) is 5.24. The minimum absolute atomic E-state index is 0.0733. The Morgan fingerprint density at radius 2 is 1.85 bits per heavy atom. The Morgan fingerprint density at radius 3 is 2.41 bits per heavy atom. The van der Waals surface area contributed by atoms with Crippen LogP contribution < -0.4 is 4.74 Å². The number of hydrogen-bond donors (Lipinski definition) is 0. The maximum atomic E-state index is 13.3. The van der Waals surface area contributed by atoms with Gasteiger partial charge in [-0.1, -0.05) is 28.1 Å². The van der Waals surface area contributed by atoms with Gasteiger partial charge in [-0.15, -0.1) is 5.10 Å². The number of ether oxygens (including phenoxy) is 2. The first kappa shape index (κ1) is 19.4. The molecule has 0 spiro atoms. The molecule has 1 aliphatic rings. The molecule has 0 radical (unpaired) electrons. The normalized spacial score (nSPS) is 18.9. The van der Waals surface area contributed by atoms with Crippen LogP contribution in [0.1, 0.15) is 30.5 Å². The van der Waals surface area contributed by atoms with Gasteiger partial charge in [0.2, 0.25) is 17.5 Å². The van der Waals surface area contributed by atoms with E-state index >= 15 is 0 Å². The predicted molar refractivity (Wildman–Crippen MR) is 104 cm³/mol. The molecule has 2 aromatic rings. The lowest BCUT2D eigenvalue weighted by atomic mass is 10.0. The molecule has 3 rings (SSSR count). The van der Waals surface area contributed by atoms with Gasteiger partial charge in [0.15, 0.2) is 6.61 Å². The van der Waals surface area contributed by atoms with E-state index in [0.717, 1.165) is 21.3 Å². The molecular formula is C20H20BrFN2O3. The van der Waals surface area contributed by atoms with Crippen LogP contribution in [0, 0.1) is 19.7 Å². The summed E-state index contributed by atoms with van der Waals surface area (Å²) in [7, 11) is 0. The summed E-state index contributed by atoms with van der Waals surface area (Å²) in [6, 6.07) is 9.73. The van der Waals surface area contributed by atoms with E-state index < -0.39 is 5.72 Å². The fourth-order valence-corrected chi connectivity index (χ4v) is 3.82. The van der Waals surface area contributed by atoms with Crippen molar-refractivity contribution in [2.24, 2.45) is 5.10 Å². The first-order valence-electron chi connectivity index (χ1n) is 8.43. The summed E-state index contributed by atoms with van der Waals surface area (Å²) in [5.41, 5.74) is 1.42. The molecule has 0 N–H and O–H groups in total. The molecule has 1 aliphatic heterocycles. The maximum absolute atomic E-state index is 13.3. The molecular weight excluding hydrogens is 415 g/mol. The van der Waals surface area contributed by atoms with Crippen molar-refractivity contribution in [2.75, 3.05) is 6.61 Å². The monoisotopic (exact) mass is 434 g/mol. The summed E-state index contributed by atoms with van der Waals surface area (Å²) < 4.78 is 26.1. The van der Waals surface area contributed by atoms with Crippen LogP contribution in [-0.2, 0) is 15.3 Å². The van der Waals surface area contributed by atoms with E-state index in [9.17, 15) is 9.18 Å². The highest BCUT2D eigenvalue weighted by Crippen LogP contribution is 2.35. The molecule has 0 bridgehead atoms. The number of nitrogens with zero attached hydrogens (tertiary/aromatic N) is 2. The summed E-state index contributed by atoms with van der Waals surface area (Å²) in [6.45, 7) is 7.10. The summed E-state index contributed by atoms with van der Waals surface area (Å²) in [5.74, 6) is 0.376. The largest absolute Gasteiger partial charge is 0.483 e. The van der Waals surface area contributed by atoms with Gasteiger partial charge in [0, 0.05) is 23.9 Å². The van der Waals surface area contributed by atoms with Crippen molar-refractivity contribution >= 4 is 27.7 Å². The van der Waals surface area contributed by atoms with E-state index in [1.807, 2.05) is 26.0 Å². The third-order valence-electron chi connectivity index (χ3n) is 4.38. The van der Waals surface area contributed by atoms with E-state index in [1.165, 1.54) is 24.1 Å². The molecule has 7 heteroatoms. The molecule has 0 aliphatic carbocycles. The number of halogens is 2. The predicted octanol–water partition coefficient (Wildman–Crippen LogP) is 4.65. The highest BCUT2D eigenvalue weighted by atomic mass is 79.9. The smallest absolute Gasteiger partial charge is 0.247 e. The van der Waals surface area contributed by atoms with Crippen LogP contribution in [0.15, 0.2) is 46.0 Å². The zero-order valence-corrected chi connectivity index (χ0v) is 17.1. The van der Waals surface area contributed by atoms with Crippen molar-refractivity contribution in [3.63, 3.8) is 0 Å². The van der Waals surface area contributed by atoms with Gasteiger partial charge in [0.25, 0.3) is 0 Å². The Hall–Kier alpha value is -2.41. The van der Waals surface area contributed by atoms with Crippen molar-refractivity contribution in [2.45, 2.75) is 33.4 Å². The molecule has 1 heterocycles. The molecule has 1 atom stereocenters. The second kappa shape index (κ2) is 7.31. The van der Waals surface area contributed by atoms with Crippen molar-refractivity contribution in [1.82, 2.24) is 5.01 Å². The molecule has 0 saturated carbocycles. The molecule has 27 heavy (non-hydrogen) atoms. The fourth-order valence-electron chi connectivity index (χ4n) is 3.13. The van der Waals surface area contributed by atoms with Gasteiger partial charge >= 0.3 is 0 Å². The molecule has 1 amide bonds. The van der Waals surface area contributed by atoms with Gasteiger partial charge in [-0.2, -0.15) is 5.01 Å². The van der Waals surface area contributed by atoms with Crippen molar-refractivity contribution < 1.29 is 18.7 Å². The molecule has 142 valence electrons. The van der Waals surface area contributed by atoms with Crippen LogP contribution >= 0.6 is 15.9 Å². The number of aryl methyl sites for hydroxylation is 2. The third-order valence-corrected chi connectivity index (χ3v) is 4.83. The number of amides is 1. The van der Waals surface area contributed by atoms with Gasteiger partial charge in [-0.25, -0.2) is 4.39 Å². The van der Waals surface area contributed by atoms with Crippen LogP contribution in [-0.4, -0.2) is 23.4 Å². The third kappa shape index (κ3) is 3.83. The summed E-state index contributed by atoms with van der Waals surface area (Å²) in [4.78, 5) is 12.1. The number of carbonyl (C=O) groups excluding carboxylic acids is 1. The molecule has 1 unspecified atom stereocenters. The van der Waals surface area contributed by atoms with Crippen LogP contribution in [0.4, 0.5) is 4.39 Å². The number of carbonyl (C=O) groups is 1. The Morgan fingerprint density at radius 1 is 1.26 bits per heavy atom. The Balaban J connectivity index is 1.83. The second-order valence-corrected chi connectivity index (χ2v) is 7.49. The van der Waals surface area contributed by atoms with Crippen LogP contribution in [0.25, 0.3) is 0 Å². The average Bonchev–Trinajstić information content (AvgIpc) is 2.92. The Labute approximate surface area is 165 Å². The van der Waals surface area contributed by atoms with Crippen LogP contribution in [0.3, 0.4) is 0 Å². The lowest BCUT2D eigenvalue weighted by molar-refractivity contribution is -0.146. The van der Waals surface area contributed by atoms with Gasteiger partial charge < -0.3 is 9.47 Å². The standard InChI is InChI=1S/C20H20BrFN2O3/c1-12-9-16(21)10-13(2)19(12)26-11-18-23-24(14(3)25)20(4,27-18)15-5-7-17(22)8-6-15/h5-10H,11H2,1-4H3. The quantitative estimate of drug-likeness (QED) is 0.703. The van der Waals surface area contributed by atoms with E-state index in [0.29, 0.717) is 5.56 Å². The maximum Gasteiger partial charge on any atom is 0.247 e. The van der Waals surface area contributed by atoms with Gasteiger partial charge in [0.05, 0.1) is 0 Å². The topological polar surface area (TPSA) is 51.1 Å². The van der Waals surface area contributed by atoms with Gasteiger partial charge in [-0.05, 0) is 49.2 Å². The Bertz CT molecular complexity index is 891. The first-order valence-corrected chi connectivity index (χ1v) is 9.23. The molecule has 0 fully saturated rings. The number of hydrazone groups is 1. The van der Waals surface area contributed by atoms with Crippen molar-refractivity contribution in [3.8, 4) is 5.75 Å². The van der Waals surface area contributed by atoms with E-state index in [-0.39, 0.29) is 24.2 Å². The molecule has 0 saturated heterocycles. The lowest BCUT2D eigenvalue weighted by Crippen LogP contribution is -2.41. The van der Waals surface area contributed by atoms with Crippen molar-refractivity contribution in [1.29, 1.82) is 0 Å².